The van der Waals surface area contributed by atoms with Crippen LogP contribution in [0, 0.1) is 17.2 Å². The van der Waals surface area contributed by atoms with Crippen LogP contribution in [-0.2, 0) is 17.9 Å². The molecule has 0 radical (unpaired) electrons. The molecule has 2 aliphatic rings. The number of nitriles is 1. The van der Waals surface area contributed by atoms with Crippen LogP contribution in [0.15, 0.2) is 41.3 Å². The molecule has 4 aromatic rings. The van der Waals surface area contributed by atoms with Gasteiger partial charge >= 0.3 is 5.69 Å². The van der Waals surface area contributed by atoms with E-state index in [-0.39, 0.29) is 23.5 Å². The Balaban J connectivity index is 1.38. The second kappa shape index (κ2) is 10.7. The van der Waals surface area contributed by atoms with Gasteiger partial charge in [-0.25, -0.2) is 14.8 Å². The number of hydrogen-bond donors (Lipinski definition) is 0. The lowest BCUT2D eigenvalue weighted by Gasteiger charge is -2.31. The third kappa shape index (κ3) is 4.84. The first-order chi connectivity index (χ1) is 19.0. The molecular weight excluding hydrogens is 490 g/mol. The summed E-state index contributed by atoms with van der Waals surface area (Å²) in [6, 6.07) is 12.2. The minimum absolute atomic E-state index is 0.0228. The van der Waals surface area contributed by atoms with Gasteiger partial charge < -0.3 is 9.47 Å². The molecule has 3 aromatic heterocycles. The van der Waals surface area contributed by atoms with E-state index in [0.717, 1.165) is 53.6 Å². The SMILES string of the molecule is CC(=O)N1CCC(n2c(=O)n(Cc3cc4cnc(C#N)nc4n3CCC3CCCCC3)c3ccccc32)CC1. The van der Waals surface area contributed by atoms with Crippen molar-refractivity contribution < 1.29 is 4.79 Å². The van der Waals surface area contributed by atoms with Gasteiger partial charge in [-0.2, -0.15) is 5.26 Å². The van der Waals surface area contributed by atoms with Crippen molar-refractivity contribution in [2.45, 2.75) is 77.4 Å². The van der Waals surface area contributed by atoms with Crippen LogP contribution >= 0.6 is 0 Å². The molecule has 0 unspecified atom stereocenters. The van der Waals surface area contributed by atoms with Crippen molar-refractivity contribution in [1.29, 1.82) is 5.26 Å². The number of aromatic nitrogens is 5. The highest BCUT2D eigenvalue weighted by Crippen LogP contribution is 2.29. The number of benzene rings is 1. The smallest absolute Gasteiger partial charge is 0.329 e. The lowest BCUT2D eigenvalue weighted by Crippen LogP contribution is -2.40. The van der Waals surface area contributed by atoms with Gasteiger partial charge in [-0.05, 0) is 43.4 Å². The summed E-state index contributed by atoms with van der Waals surface area (Å²) < 4.78 is 6.02. The van der Waals surface area contributed by atoms with Gasteiger partial charge in [0.15, 0.2) is 0 Å². The maximum Gasteiger partial charge on any atom is 0.329 e. The number of carbonyl (C=O) groups is 1. The van der Waals surface area contributed by atoms with Gasteiger partial charge in [-0.1, -0.05) is 44.2 Å². The summed E-state index contributed by atoms with van der Waals surface area (Å²) in [7, 11) is 0. The third-order valence-corrected chi connectivity index (χ3v) is 8.77. The highest BCUT2D eigenvalue weighted by atomic mass is 16.2. The minimum Gasteiger partial charge on any atom is -0.343 e. The Kier molecular flexibility index (Phi) is 6.94. The van der Waals surface area contributed by atoms with Crippen molar-refractivity contribution in [3.63, 3.8) is 0 Å². The van der Waals surface area contributed by atoms with Gasteiger partial charge in [0, 0.05) is 49.9 Å². The monoisotopic (exact) mass is 525 g/mol. The predicted octanol–water partition coefficient (Wildman–Crippen LogP) is 4.62. The number of fused-ring (bicyclic) bond motifs is 2. The Hall–Kier alpha value is -3.93. The van der Waals surface area contributed by atoms with E-state index >= 15 is 0 Å². The van der Waals surface area contributed by atoms with E-state index in [1.165, 1.54) is 32.1 Å². The number of rotatable bonds is 6. The molecule has 0 bridgehead atoms. The van der Waals surface area contributed by atoms with Crippen LogP contribution in [0.1, 0.15) is 75.9 Å². The summed E-state index contributed by atoms with van der Waals surface area (Å²) in [5, 5.41) is 10.3. The molecule has 9 heteroatoms. The highest BCUT2D eigenvalue weighted by molar-refractivity contribution is 5.78. The molecule has 9 nitrogen and oxygen atoms in total. The first kappa shape index (κ1) is 25.4. The normalized spacial score (nSPS) is 17.2. The largest absolute Gasteiger partial charge is 0.343 e. The number of nitrogens with zero attached hydrogens (tertiary/aromatic N) is 7. The molecule has 0 spiro atoms. The fourth-order valence-corrected chi connectivity index (χ4v) is 6.65. The topological polar surface area (TPSA) is 102 Å². The molecule has 39 heavy (non-hydrogen) atoms. The molecule has 1 aliphatic heterocycles. The van der Waals surface area contributed by atoms with E-state index in [1.807, 2.05) is 38.3 Å². The molecule has 0 N–H and O–H groups in total. The quantitative estimate of drug-likeness (QED) is 0.366. The molecule has 1 amide bonds. The van der Waals surface area contributed by atoms with Crippen molar-refractivity contribution in [2.75, 3.05) is 13.1 Å². The molecule has 2 fully saturated rings. The average molecular weight is 526 g/mol. The summed E-state index contributed by atoms with van der Waals surface area (Å²) in [6.45, 7) is 4.17. The van der Waals surface area contributed by atoms with E-state index in [9.17, 15) is 14.9 Å². The maximum absolute atomic E-state index is 14.0. The Morgan fingerprint density at radius 2 is 1.79 bits per heavy atom. The van der Waals surface area contributed by atoms with E-state index in [2.05, 4.69) is 26.7 Å². The Labute approximate surface area is 227 Å². The van der Waals surface area contributed by atoms with Gasteiger partial charge in [0.1, 0.15) is 11.7 Å². The van der Waals surface area contributed by atoms with Crippen LogP contribution < -0.4 is 5.69 Å². The predicted molar refractivity (Wildman–Crippen MR) is 149 cm³/mol. The van der Waals surface area contributed by atoms with Crippen molar-refractivity contribution >= 4 is 28.0 Å². The molecule has 1 aliphatic carbocycles. The zero-order chi connectivity index (χ0) is 26.9. The van der Waals surface area contributed by atoms with Crippen molar-refractivity contribution in [3.05, 3.63) is 58.5 Å². The van der Waals surface area contributed by atoms with Crippen LogP contribution in [0.2, 0.25) is 0 Å². The molecule has 1 aromatic carbocycles. The average Bonchev–Trinajstić information content (AvgIpc) is 3.45. The van der Waals surface area contributed by atoms with Crippen LogP contribution in [0.25, 0.3) is 22.1 Å². The third-order valence-electron chi connectivity index (χ3n) is 8.77. The van der Waals surface area contributed by atoms with E-state index in [4.69, 9.17) is 0 Å². The second-order valence-corrected chi connectivity index (χ2v) is 11.1. The van der Waals surface area contributed by atoms with E-state index in [0.29, 0.717) is 25.6 Å². The zero-order valence-corrected chi connectivity index (χ0v) is 22.6. The number of carbonyl (C=O) groups excluding carboxylic acids is 1. The number of piperidine rings is 1. The molecule has 202 valence electrons. The van der Waals surface area contributed by atoms with E-state index in [1.54, 1.807) is 13.1 Å². The van der Waals surface area contributed by atoms with Gasteiger partial charge in [0.05, 0.1) is 17.6 Å². The second-order valence-electron chi connectivity index (χ2n) is 11.1. The Morgan fingerprint density at radius 1 is 1.05 bits per heavy atom. The summed E-state index contributed by atoms with van der Waals surface area (Å²) >= 11 is 0. The lowest BCUT2D eigenvalue weighted by atomic mass is 9.87. The minimum atomic E-state index is -0.0228. The molecule has 1 saturated carbocycles. The number of aryl methyl sites for hydroxylation is 1. The van der Waals surface area contributed by atoms with E-state index < -0.39 is 0 Å². The first-order valence-corrected chi connectivity index (χ1v) is 14.2. The van der Waals surface area contributed by atoms with Crippen LogP contribution in [0.4, 0.5) is 0 Å². The summed E-state index contributed by atoms with van der Waals surface area (Å²) in [4.78, 5) is 36.5. The number of amides is 1. The summed E-state index contributed by atoms with van der Waals surface area (Å²) in [5.41, 5.74) is 3.58. The zero-order valence-electron chi connectivity index (χ0n) is 22.6. The fourth-order valence-electron chi connectivity index (χ4n) is 6.65. The van der Waals surface area contributed by atoms with Crippen LogP contribution in [-0.4, -0.2) is 47.6 Å². The highest BCUT2D eigenvalue weighted by Gasteiger charge is 2.27. The summed E-state index contributed by atoms with van der Waals surface area (Å²) in [6.07, 6.45) is 10.8. The first-order valence-electron chi connectivity index (χ1n) is 14.2. The number of hydrogen-bond acceptors (Lipinski definition) is 5. The van der Waals surface area contributed by atoms with Crippen molar-refractivity contribution in [1.82, 2.24) is 28.6 Å². The van der Waals surface area contributed by atoms with Gasteiger partial charge in [0.25, 0.3) is 0 Å². The van der Waals surface area contributed by atoms with Crippen molar-refractivity contribution in [2.24, 2.45) is 5.92 Å². The van der Waals surface area contributed by atoms with Gasteiger partial charge in [-0.15, -0.1) is 0 Å². The van der Waals surface area contributed by atoms with Crippen molar-refractivity contribution in [3.8, 4) is 6.07 Å². The molecule has 0 atom stereocenters. The molecular formula is C30H35N7O2. The molecule has 4 heterocycles. The fraction of sp³-hybridized carbons (Fsp3) is 0.500. The number of para-hydroxylation sites is 2. The Morgan fingerprint density at radius 3 is 2.51 bits per heavy atom. The Bertz CT molecular complexity index is 1610. The number of imidazole rings is 1. The van der Waals surface area contributed by atoms with Gasteiger partial charge in [-0.3, -0.25) is 13.9 Å². The lowest BCUT2D eigenvalue weighted by molar-refractivity contribution is -0.130. The number of likely N-dealkylation sites (tertiary alicyclic amines) is 1. The maximum atomic E-state index is 14.0. The summed E-state index contributed by atoms with van der Waals surface area (Å²) in [5.74, 6) is 0.954. The van der Waals surface area contributed by atoms with Crippen LogP contribution in [0.3, 0.4) is 0 Å². The van der Waals surface area contributed by atoms with Crippen LogP contribution in [0.5, 0.6) is 0 Å². The van der Waals surface area contributed by atoms with Gasteiger partial charge in [0.2, 0.25) is 11.7 Å². The molecule has 1 saturated heterocycles. The standard InChI is InChI=1S/C30H35N7O2/c1-21(38)34-14-12-24(13-15-34)37-27-10-6-5-9-26(27)36(30(37)39)20-25-17-23-19-32-28(18-31)33-29(23)35(25)16-11-22-7-3-2-4-8-22/h5-6,9-10,17,19,22,24H,2-4,7-8,11-16,20H2,1H3. The molecule has 6 rings (SSSR count).